The first-order chi connectivity index (χ1) is 12.1. The maximum absolute atomic E-state index is 13.0. The summed E-state index contributed by atoms with van der Waals surface area (Å²) in [5.74, 6) is 0.116. The van der Waals surface area contributed by atoms with Gasteiger partial charge in [0.1, 0.15) is 5.75 Å². The average molecular weight is 345 g/mol. The van der Waals surface area contributed by atoms with Crippen LogP contribution < -0.4 is 10.5 Å². The lowest BCUT2D eigenvalue weighted by Crippen LogP contribution is -2.48. The number of likely N-dealkylation sites (N-methyl/N-ethyl adjacent to an activating group) is 1. The van der Waals surface area contributed by atoms with Crippen molar-refractivity contribution in [3.63, 3.8) is 0 Å². The molecule has 1 aromatic carbocycles. The first kappa shape index (κ1) is 17.7. The summed E-state index contributed by atoms with van der Waals surface area (Å²) in [6.07, 6.45) is 4.57. The van der Waals surface area contributed by atoms with E-state index < -0.39 is 5.91 Å². The van der Waals surface area contributed by atoms with Crippen molar-refractivity contribution in [3.05, 3.63) is 29.8 Å². The molecule has 6 nitrogen and oxygen atoms in total. The number of hydrogen-bond donors (Lipinski definition) is 1. The maximum Gasteiger partial charge on any atom is 0.255 e. The van der Waals surface area contributed by atoms with E-state index in [1.807, 2.05) is 0 Å². The van der Waals surface area contributed by atoms with Gasteiger partial charge in [-0.2, -0.15) is 0 Å². The monoisotopic (exact) mass is 345 g/mol. The molecule has 0 spiro atoms. The fourth-order valence-corrected chi connectivity index (χ4v) is 4.14. The van der Waals surface area contributed by atoms with Crippen molar-refractivity contribution >= 4 is 11.8 Å². The van der Waals surface area contributed by atoms with Crippen molar-refractivity contribution in [2.75, 3.05) is 26.2 Å². The number of likely N-dealkylation sites (tertiary alicyclic amines) is 2. The summed E-state index contributed by atoms with van der Waals surface area (Å²) in [5.41, 5.74) is 5.74. The number of primary amides is 1. The SMILES string of the molecule is CCN1CCC[C@H]1[C@H]1CCCN1C(=O)c1ccc(OCC(N)=O)cc1. The lowest BCUT2D eigenvalue weighted by molar-refractivity contribution is -0.119. The minimum absolute atomic E-state index is 0.0897. The smallest absolute Gasteiger partial charge is 0.255 e. The summed E-state index contributed by atoms with van der Waals surface area (Å²) in [4.78, 5) is 28.3. The number of amides is 2. The number of nitrogens with zero attached hydrogens (tertiary/aromatic N) is 2. The molecule has 2 fully saturated rings. The normalized spacial score (nSPS) is 23.8. The number of hydrogen-bond acceptors (Lipinski definition) is 4. The summed E-state index contributed by atoms with van der Waals surface area (Å²) in [5, 5.41) is 0. The molecule has 2 atom stereocenters. The second-order valence-corrected chi connectivity index (χ2v) is 6.83. The fourth-order valence-electron chi connectivity index (χ4n) is 4.14. The van der Waals surface area contributed by atoms with Crippen LogP contribution >= 0.6 is 0 Å². The molecule has 2 heterocycles. The third-order valence-corrected chi connectivity index (χ3v) is 5.31. The lowest BCUT2D eigenvalue weighted by Gasteiger charge is -2.34. The molecule has 2 N–H and O–H groups in total. The molecule has 0 radical (unpaired) electrons. The molecule has 0 aromatic heterocycles. The fraction of sp³-hybridized carbons (Fsp3) is 0.579. The van der Waals surface area contributed by atoms with Gasteiger partial charge < -0.3 is 15.4 Å². The topological polar surface area (TPSA) is 75.9 Å². The Kier molecular flexibility index (Phi) is 5.58. The van der Waals surface area contributed by atoms with Gasteiger partial charge in [0.2, 0.25) is 0 Å². The first-order valence-corrected chi connectivity index (χ1v) is 9.16. The average Bonchev–Trinajstić information content (AvgIpc) is 3.27. The molecule has 6 heteroatoms. The van der Waals surface area contributed by atoms with Gasteiger partial charge >= 0.3 is 0 Å². The van der Waals surface area contributed by atoms with E-state index in [1.165, 1.54) is 12.8 Å². The third-order valence-electron chi connectivity index (χ3n) is 5.31. The van der Waals surface area contributed by atoms with E-state index in [4.69, 9.17) is 10.5 Å². The van der Waals surface area contributed by atoms with Crippen LogP contribution in [0.25, 0.3) is 0 Å². The molecule has 2 aliphatic rings. The summed E-state index contributed by atoms with van der Waals surface area (Å²) < 4.78 is 5.25. The van der Waals surface area contributed by atoms with Gasteiger partial charge in [-0.15, -0.1) is 0 Å². The van der Waals surface area contributed by atoms with Gasteiger partial charge in [0.05, 0.1) is 0 Å². The number of benzene rings is 1. The largest absolute Gasteiger partial charge is 0.484 e. The third kappa shape index (κ3) is 3.95. The Morgan fingerprint density at radius 1 is 1.12 bits per heavy atom. The Morgan fingerprint density at radius 3 is 2.48 bits per heavy atom. The van der Waals surface area contributed by atoms with Gasteiger partial charge in [-0.25, -0.2) is 0 Å². The van der Waals surface area contributed by atoms with E-state index in [0.717, 1.165) is 32.5 Å². The lowest BCUT2D eigenvalue weighted by atomic mass is 10.0. The van der Waals surface area contributed by atoms with E-state index >= 15 is 0 Å². The number of rotatable bonds is 6. The zero-order valence-corrected chi connectivity index (χ0v) is 14.8. The summed E-state index contributed by atoms with van der Waals surface area (Å²) >= 11 is 0. The second-order valence-electron chi connectivity index (χ2n) is 6.83. The highest BCUT2D eigenvalue weighted by atomic mass is 16.5. The van der Waals surface area contributed by atoms with Gasteiger partial charge in [0.15, 0.2) is 6.61 Å². The Bertz CT molecular complexity index is 617. The number of carbonyl (C=O) groups excluding carboxylic acids is 2. The van der Waals surface area contributed by atoms with Crippen molar-refractivity contribution in [3.8, 4) is 5.75 Å². The zero-order valence-electron chi connectivity index (χ0n) is 14.8. The van der Waals surface area contributed by atoms with Gasteiger partial charge in [-0.1, -0.05) is 6.92 Å². The van der Waals surface area contributed by atoms with E-state index in [1.54, 1.807) is 24.3 Å². The minimum Gasteiger partial charge on any atom is -0.484 e. The molecule has 2 saturated heterocycles. The van der Waals surface area contributed by atoms with E-state index in [2.05, 4.69) is 16.7 Å². The Balaban J connectivity index is 1.68. The molecule has 2 aliphatic heterocycles. The van der Waals surface area contributed by atoms with Crippen LogP contribution in [0.3, 0.4) is 0 Å². The quantitative estimate of drug-likeness (QED) is 0.850. The van der Waals surface area contributed by atoms with Crippen molar-refractivity contribution in [1.29, 1.82) is 0 Å². The van der Waals surface area contributed by atoms with Crippen molar-refractivity contribution < 1.29 is 14.3 Å². The van der Waals surface area contributed by atoms with Gasteiger partial charge in [0.25, 0.3) is 11.8 Å². The van der Waals surface area contributed by atoms with E-state index in [9.17, 15) is 9.59 Å². The molecule has 25 heavy (non-hydrogen) atoms. The molecule has 0 unspecified atom stereocenters. The number of nitrogens with two attached hydrogens (primary N) is 1. The van der Waals surface area contributed by atoms with E-state index in [-0.39, 0.29) is 12.5 Å². The molecule has 3 rings (SSSR count). The molecule has 2 amide bonds. The zero-order chi connectivity index (χ0) is 17.8. The van der Waals surface area contributed by atoms with Crippen LogP contribution in [0.15, 0.2) is 24.3 Å². The van der Waals surface area contributed by atoms with Crippen molar-refractivity contribution in [1.82, 2.24) is 9.80 Å². The van der Waals surface area contributed by atoms with Crippen LogP contribution in [0.2, 0.25) is 0 Å². The number of ether oxygens (including phenoxy) is 1. The summed E-state index contributed by atoms with van der Waals surface area (Å²) in [6.45, 7) is 5.07. The van der Waals surface area contributed by atoms with Crippen LogP contribution in [-0.2, 0) is 4.79 Å². The minimum atomic E-state index is -0.517. The molecule has 0 bridgehead atoms. The van der Waals surface area contributed by atoms with Gasteiger partial charge in [-0.05, 0) is 63.0 Å². The summed E-state index contributed by atoms with van der Waals surface area (Å²) in [7, 11) is 0. The van der Waals surface area contributed by atoms with Crippen LogP contribution in [0.4, 0.5) is 0 Å². The molecule has 0 aliphatic carbocycles. The highest BCUT2D eigenvalue weighted by Gasteiger charge is 2.39. The predicted octanol–water partition coefficient (Wildman–Crippen LogP) is 1.64. The Hall–Kier alpha value is -2.08. The molecule has 1 aromatic rings. The first-order valence-electron chi connectivity index (χ1n) is 9.16. The predicted molar refractivity (Wildman–Crippen MR) is 95.5 cm³/mol. The highest BCUT2D eigenvalue weighted by Crippen LogP contribution is 2.31. The highest BCUT2D eigenvalue weighted by molar-refractivity contribution is 5.94. The number of carbonyl (C=O) groups is 2. The van der Waals surface area contributed by atoms with Crippen LogP contribution in [-0.4, -0.2) is 59.9 Å². The molecule has 136 valence electrons. The van der Waals surface area contributed by atoms with Crippen LogP contribution in [0.1, 0.15) is 43.0 Å². The Morgan fingerprint density at radius 2 is 1.80 bits per heavy atom. The van der Waals surface area contributed by atoms with Crippen LogP contribution in [0.5, 0.6) is 5.75 Å². The van der Waals surface area contributed by atoms with Crippen LogP contribution in [0, 0.1) is 0 Å². The molecule has 0 saturated carbocycles. The van der Waals surface area contributed by atoms with Crippen molar-refractivity contribution in [2.24, 2.45) is 5.73 Å². The molecular formula is C19H27N3O3. The Labute approximate surface area is 148 Å². The maximum atomic E-state index is 13.0. The van der Waals surface area contributed by atoms with Gasteiger partial charge in [0, 0.05) is 24.2 Å². The standard InChI is InChI=1S/C19H27N3O3/c1-2-21-11-3-5-16(21)17-6-4-12-22(17)19(24)14-7-9-15(10-8-14)25-13-18(20)23/h7-10,16-17H,2-6,11-13H2,1H3,(H2,20,23)/t16-,17+/m0/s1. The summed E-state index contributed by atoms with van der Waals surface area (Å²) in [6, 6.07) is 7.78. The second kappa shape index (κ2) is 7.87. The van der Waals surface area contributed by atoms with Crippen molar-refractivity contribution in [2.45, 2.75) is 44.7 Å². The van der Waals surface area contributed by atoms with Gasteiger partial charge in [-0.3, -0.25) is 14.5 Å². The van der Waals surface area contributed by atoms with E-state index in [0.29, 0.717) is 23.4 Å². The molecular weight excluding hydrogens is 318 g/mol.